The van der Waals surface area contributed by atoms with Gasteiger partial charge in [-0.15, -0.1) is 0 Å². The fourth-order valence-corrected chi connectivity index (χ4v) is 4.07. The van der Waals surface area contributed by atoms with Gasteiger partial charge in [-0.2, -0.15) is 10.2 Å². The minimum absolute atomic E-state index is 0.331. The van der Waals surface area contributed by atoms with Crippen molar-refractivity contribution in [3.8, 4) is 5.69 Å². The van der Waals surface area contributed by atoms with Gasteiger partial charge in [-0.3, -0.25) is 4.79 Å². The third-order valence-electron chi connectivity index (χ3n) is 5.68. The van der Waals surface area contributed by atoms with E-state index in [0.29, 0.717) is 5.69 Å². The van der Waals surface area contributed by atoms with Crippen molar-refractivity contribution in [3.05, 3.63) is 83.7 Å². The molecule has 1 aliphatic rings. The highest BCUT2D eigenvalue weighted by Crippen LogP contribution is 2.29. The van der Waals surface area contributed by atoms with Crippen LogP contribution in [0.1, 0.15) is 34.6 Å². The third kappa shape index (κ3) is 3.85. The molecule has 1 saturated heterocycles. The molecule has 0 saturated carbocycles. The average molecular weight is 425 g/mol. The molecule has 0 spiro atoms. The number of benzene rings is 2. The fraction of sp³-hybridized carbons (Fsp3) is 0.200. The molecule has 0 aliphatic carbocycles. The lowest BCUT2D eigenvalue weighted by Gasteiger charge is -2.20. The number of amides is 1. The number of nitrogens with zero attached hydrogens (tertiary/aromatic N) is 5. The summed E-state index contributed by atoms with van der Waals surface area (Å²) < 4.78 is 1.97. The van der Waals surface area contributed by atoms with E-state index in [1.807, 2.05) is 72.3 Å². The summed E-state index contributed by atoms with van der Waals surface area (Å²) in [7, 11) is 0. The van der Waals surface area contributed by atoms with Crippen LogP contribution in [-0.4, -0.2) is 40.0 Å². The highest BCUT2D eigenvalue weighted by Gasteiger charge is 2.23. The van der Waals surface area contributed by atoms with E-state index < -0.39 is 0 Å². The molecule has 1 fully saturated rings. The summed E-state index contributed by atoms with van der Waals surface area (Å²) in [6.07, 6.45) is 3.99. The van der Waals surface area contributed by atoms with Crippen molar-refractivity contribution in [2.75, 3.05) is 18.0 Å². The summed E-state index contributed by atoms with van der Waals surface area (Å²) in [5, 5.41) is 10.0. The Kier molecular flexibility index (Phi) is 5.37. The first-order valence-electron chi connectivity index (χ1n) is 10.8. The number of fused-ring (bicyclic) bond motifs is 1. The van der Waals surface area contributed by atoms with E-state index in [4.69, 9.17) is 5.10 Å². The zero-order valence-electron chi connectivity index (χ0n) is 17.9. The van der Waals surface area contributed by atoms with Crippen LogP contribution in [0.4, 0.5) is 5.82 Å². The van der Waals surface area contributed by atoms with Gasteiger partial charge in [0.15, 0.2) is 0 Å². The first kappa shape index (κ1) is 19.9. The van der Waals surface area contributed by atoms with Crippen LogP contribution >= 0.6 is 0 Å². The van der Waals surface area contributed by atoms with E-state index in [1.54, 1.807) is 12.3 Å². The molecule has 2 aromatic carbocycles. The molecule has 1 amide bonds. The number of aryl methyl sites for hydroxylation is 1. The predicted octanol–water partition coefficient (Wildman–Crippen LogP) is 4.09. The monoisotopic (exact) mass is 424 g/mol. The van der Waals surface area contributed by atoms with Crippen molar-refractivity contribution >= 4 is 28.8 Å². The summed E-state index contributed by atoms with van der Waals surface area (Å²) >= 11 is 0. The molecule has 0 radical (unpaired) electrons. The van der Waals surface area contributed by atoms with E-state index >= 15 is 0 Å². The number of aromatic nitrogens is 3. The highest BCUT2D eigenvalue weighted by atomic mass is 16.2. The average Bonchev–Trinajstić information content (AvgIpc) is 3.47. The van der Waals surface area contributed by atoms with E-state index in [2.05, 4.69) is 20.4 Å². The smallest absolute Gasteiger partial charge is 0.289 e. The number of pyridine rings is 1. The molecule has 1 aliphatic heterocycles. The van der Waals surface area contributed by atoms with Crippen molar-refractivity contribution in [3.63, 3.8) is 0 Å². The van der Waals surface area contributed by atoms with E-state index in [1.165, 1.54) is 0 Å². The van der Waals surface area contributed by atoms with Gasteiger partial charge in [0.05, 0.1) is 28.7 Å². The van der Waals surface area contributed by atoms with Crippen LogP contribution in [-0.2, 0) is 0 Å². The maximum atomic E-state index is 12.6. The van der Waals surface area contributed by atoms with Crippen molar-refractivity contribution in [1.82, 2.24) is 20.2 Å². The minimum Gasteiger partial charge on any atom is -0.356 e. The lowest BCUT2D eigenvalue weighted by molar-refractivity contribution is 0.0950. The topological polar surface area (TPSA) is 75.4 Å². The summed E-state index contributed by atoms with van der Waals surface area (Å²) in [5.41, 5.74) is 6.49. The van der Waals surface area contributed by atoms with E-state index in [-0.39, 0.29) is 5.91 Å². The number of para-hydroxylation sites is 2. The van der Waals surface area contributed by atoms with Gasteiger partial charge < -0.3 is 4.90 Å². The number of nitrogens with one attached hydrogen (secondary N) is 1. The number of rotatable bonds is 5. The van der Waals surface area contributed by atoms with Crippen LogP contribution in [0.25, 0.3) is 16.6 Å². The van der Waals surface area contributed by atoms with Gasteiger partial charge in [0, 0.05) is 18.5 Å². The van der Waals surface area contributed by atoms with Crippen molar-refractivity contribution < 1.29 is 4.79 Å². The Morgan fingerprint density at radius 3 is 2.56 bits per heavy atom. The van der Waals surface area contributed by atoms with E-state index in [0.717, 1.165) is 59.6 Å². The van der Waals surface area contributed by atoms with Crippen molar-refractivity contribution in [2.45, 2.75) is 19.8 Å². The zero-order chi connectivity index (χ0) is 21.9. The summed E-state index contributed by atoms with van der Waals surface area (Å²) in [6, 6.07) is 21.4. The van der Waals surface area contributed by atoms with Crippen molar-refractivity contribution in [2.24, 2.45) is 5.10 Å². The molecule has 1 N–H and O–H groups in total. The SMILES string of the molecule is Cc1nn(-c2ccccc2)c(N2CCCC2)c1/C=N/NC(=O)c1ccc2ccccc2n1. The quantitative estimate of drug-likeness (QED) is 0.387. The molecule has 2 aromatic heterocycles. The van der Waals surface area contributed by atoms with E-state index in [9.17, 15) is 4.79 Å². The van der Waals surface area contributed by atoms with Crippen LogP contribution < -0.4 is 10.3 Å². The highest BCUT2D eigenvalue weighted by molar-refractivity contribution is 5.96. The van der Waals surface area contributed by atoms with Gasteiger partial charge in [-0.05, 0) is 44.0 Å². The Labute approximate surface area is 186 Å². The lowest BCUT2D eigenvalue weighted by Crippen LogP contribution is -2.23. The molecule has 7 heteroatoms. The lowest BCUT2D eigenvalue weighted by atomic mass is 10.2. The maximum Gasteiger partial charge on any atom is 0.289 e. The first-order valence-corrected chi connectivity index (χ1v) is 10.8. The molecule has 160 valence electrons. The maximum absolute atomic E-state index is 12.6. The largest absolute Gasteiger partial charge is 0.356 e. The Hall–Kier alpha value is -4.00. The predicted molar refractivity (Wildman–Crippen MR) is 127 cm³/mol. The second-order valence-corrected chi connectivity index (χ2v) is 7.85. The molecule has 0 bridgehead atoms. The van der Waals surface area contributed by atoms with Gasteiger partial charge >= 0.3 is 0 Å². The molecule has 0 atom stereocenters. The standard InChI is InChI=1S/C25H24N6O/c1-18-21(17-26-28-24(32)23-14-13-19-9-5-6-12-22(19)27-23)25(30-15-7-8-16-30)31(29-18)20-10-3-2-4-11-20/h2-6,9-14,17H,7-8,15-16H2,1H3,(H,28,32)/b26-17+. The number of hydrogen-bond acceptors (Lipinski definition) is 5. The minimum atomic E-state index is -0.345. The Morgan fingerprint density at radius 1 is 1.00 bits per heavy atom. The Balaban J connectivity index is 1.42. The van der Waals surface area contributed by atoms with Gasteiger partial charge in [0.2, 0.25) is 0 Å². The van der Waals surface area contributed by atoms with Crippen molar-refractivity contribution in [1.29, 1.82) is 0 Å². The normalized spacial score (nSPS) is 13.8. The molecule has 5 rings (SSSR count). The van der Waals surface area contributed by atoms with Crippen LogP contribution in [0.15, 0.2) is 71.8 Å². The summed E-state index contributed by atoms with van der Waals surface area (Å²) in [5.74, 6) is 0.663. The summed E-state index contributed by atoms with van der Waals surface area (Å²) in [4.78, 5) is 19.4. The second kappa shape index (κ2) is 8.63. The molecule has 32 heavy (non-hydrogen) atoms. The fourth-order valence-electron chi connectivity index (χ4n) is 4.07. The van der Waals surface area contributed by atoms with Crippen LogP contribution in [0.2, 0.25) is 0 Å². The van der Waals surface area contributed by atoms with Crippen LogP contribution in [0.5, 0.6) is 0 Å². The van der Waals surface area contributed by atoms with Gasteiger partial charge in [0.25, 0.3) is 5.91 Å². The summed E-state index contributed by atoms with van der Waals surface area (Å²) in [6.45, 7) is 3.92. The van der Waals surface area contributed by atoms with Gasteiger partial charge in [-0.25, -0.2) is 15.1 Å². The Bertz CT molecular complexity index is 1290. The second-order valence-electron chi connectivity index (χ2n) is 7.85. The first-order chi connectivity index (χ1) is 15.7. The zero-order valence-corrected chi connectivity index (χ0v) is 17.9. The van der Waals surface area contributed by atoms with Crippen LogP contribution in [0, 0.1) is 6.92 Å². The number of carbonyl (C=O) groups is 1. The molecule has 3 heterocycles. The number of anilines is 1. The number of carbonyl (C=O) groups excluding carboxylic acids is 1. The molecular formula is C25H24N6O. The molecular weight excluding hydrogens is 400 g/mol. The molecule has 7 nitrogen and oxygen atoms in total. The van der Waals surface area contributed by atoms with Gasteiger partial charge in [-0.1, -0.05) is 42.5 Å². The number of hydrazone groups is 1. The molecule has 4 aromatic rings. The Morgan fingerprint density at radius 2 is 1.75 bits per heavy atom. The van der Waals surface area contributed by atoms with Crippen LogP contribution in [0.3, 0.4) is 0 Å². The molecule has 0 unspecified atom stereocenters. The number of hydrogen-bond donors (Lipinski definition) is 1. The van der Waals surface area contributed by atoms with Gasteiger partial charge in [0.1, 0.15) is 11.5 Å². The third-order valence-corrected chi connectivity index (χ3v) is 5.68.